The molecule has 1 aromatic carbocycles. The van der Waals surface area contributed by atoms with Crippen molar-refractivity contribution in [3.63, 3.8) is 0 Å². The summed E-state index contributed by atoms with van der Waals surface area (Å²) in [6.45, 7) is 0.577. The highest BCUT2D eigenvalue weighted by Crippen LogP contribution is 2.34. The molecule has 1 saturated carbocycles. The topological polar surface area (TPSA) is 125 Å². The fraction of sp³-hybridized carbons (Fsp3) is 0.364. The van der Waals surface area contributed by atoms with E-state index in [0.717, 1.165) is 24.6 Å². The maximum absolute atomic E-state index is 12.9. The molecule has 4 rings (SSSR count). The number of ether oxygens (including phenoxy) is 1. The van der Waals surface area contributed by atoms with Crippen LogP contribution in [0.25, 0.3) is 0 Å². The quantitative estimate of drug-likeness (QED) is 0.379. The lowest BCUT2D eigenvalue weighted by Crippen LogP contribution is -2.18. The van der Waals surface area contributed by atoms with Crippen LogP contribution in [0.2, 0.25) is 0 Å². The monoisotopic (exact) mass is 468 g/mol. The molecule has 172 valence electrons. The highest BCUT2D eigenvalue weighted by molar-refractivity contribution is 7.99. The fourth-order valence-corrected chi connectivity index (χ4v) is 4.54. The summed E-state index contributed by atoms with van der Waals surface area (Å²) in [5.74, 6) is 0.775. The minimum atomic E-state index is -0.519. The number of amides is 1. The summed E-state index contributed by atoms with van der Waals surface area (Å²) in [4.78, 5) is 28.6. The first kappa shape index (κ1) is 22.7. The Bertz CT molecular complexity index is 1150. The molecule has 2 heterocycles. The van der Waals surface area contributed by atoms with Gasteiger partial charge in [-0.25, -0.2) is 4.98 Å². The molecule has 3 aromatic rings. The van der Waals surface area contributed by atoms with E-state index in [9.17, 15) is 14.9 Å². The third-order valence-corrected chi connectivity index (χ3v) is 6.61. The highest BCUT2D eigenvalue weighted by atomic mass is 32.2. The molecule has 1 N–H and O–H groups in total. The second kappa shape index (κ2) is 10.4. The zero-order valence-electron chi connectivity index (χ0n) is 18.1. The van der Waals surface area contributed by atoms with Crippen LogP contribution in [-0.4, -0.2) is 37.2 Å². The molecule has 0 unspecified atom stereocenters. The van der Waals surface area contributed by atoms with E-state index in [1.807, 2.05) is 0 Å². The molecule has 0 saturated heterocycles. The second-order valence-electron chi connectivity index (χ2n) is 7.89. The molecule has 1 aliphatic carbocycles. The van der Waals surface area contributed by atoms with E-state index in [1.54, 1.807) is 29.9 Å². The van der Waals surface area contributed by atoms with Crippen molar-refractivity contribution in [1.29, 1.82) is 0 Å². The van der Waals surface area contributed by atoms with Crippen molar-refractivity contribution in [3.8, 4) is 5.75 Å². The number of aromatic nitrogens is 4. The summed E-state index contributed by atoms with van der Waals surface area (Å²) >= 11 is 1.11. The van der Waals surface area contributed by atoms with Crippen molar-refractivity contribution in [2.24, 2.45) is 13.0 Å². The average Bonchev–Trinajstić information content (AvgIpc) is 3.23. The van der Waals surface area contributed by atoms with Crippen molar-refractivity contribution in [3.05, 3.63) is 58.5 Å². The van der Waals surface area contributed by atoms with Crippen LogP contribution < -0.4 is 10.1 Å². The molecule has 11 heteroatoms. The van der Waals surface area contributed by atoms with Crippen LogP contribution in [0.5, 0.6) is 5.75 Å². The number of rotatable bonds is 8. The van der Waals surface area contributed by atoms with Crippen LogP contribution in [0, 0.1) is 16.0 Å². The number of hydrogen-bond donors (Lipinski definition) is 1. The minimum Gasteiger partial charge on any atom is -0.489 e. The van der Waals surface area contributed by atoms with Crippen molar-refractivity contribution in [2.45, 2.75) is 42.2 Å². The summed E-state index contributed by atoms with van der Waals surface area (Å²) in [6.07, 6.45) is 9.06. The molecule has 10 nitrogen and oxygen atoms in total. The Balaban J connectivity index is 1.48. The zero-order chi connectivity index (χ0) is 23.2. The molecule has 1 aliphatic rings. The number of aryl methyl sites for hydroxylation is 1. The number of nitro groups is 1. The van der Waals surface area contributed by atoms with Crippen molar-refractivity contribution in [1.82, 2.24) is 19.7 Å². The van der Waals surface area contributed by atoms with E-state index in [-0.39, 0.29) is 11.3 Å². The van der Waals surface area contributed by atoms with Gasteiger partial charge in [-0.15, -0.1) is 10.2 Å². The molecule has 1 fully saturated rings. The van der Waals surface area contributed by atoms with Crippen LogP contribution in [0.4, 0.5) is 11.5 Å². The molecule has 0 radical (unpaired) electrons. The smallest absolute Gasteiger partial charge is 0.284 e. The Kier molecular flexibility index (Phi) is 7.18. The van der Waals surface area contributed by atoms with Crippen LogP contribution >= 0.6 is 11.8 Å². The highest BCUT2D eigenvalue weighted by Gasteiger charge is 2.21. The molecule has 0 aliphatic heterocycles. The number of hydrogen-bond acceptors (Lipinski definition) is 8. The maximum Gasteiger partial charge on any atom is 0.284 e. The Morgan fingerprint density at radius 3 is 2.85 bits per heavy atom. The molecule has 0 bridgehead atoms. The van der Waals surface area contributed by atoms with Gasteiger partial charge < -0.3 is 14.6 Å². The number of carbonyl (C=O) groups excluding carboxylic acids is 1. The molecule has 33 heavy (non-hydrogen) atoms. The number of benzene rings is 1. The van der Waals surface area contributed by atoms with Gasteiger partial charge in [0, 0.05) is 24.9 Å². The summed E-state index contributed by atoms with van der Waals surface area (Å²) in [5, 5.41) is 22.6. The second-order valence-corrected chi connectivity index (χ2v) is 8.89. The van der Waals surface area contributed by atoms with E-state index in [0.29, 0.717) is 34.1 Å². The summed E-state index contributed by atoms with van der Waals surface area (Å²) in [6, 6.07) is 7.82. The first-order valence-corrected chi connectivity index (χ1v) is 11.5. The SMILES string of the molecule is Cn1cnnc1Sc1ccc(C(=O)Nc2ncccc2OCC2CCCCC2)cc1[N+](=O)[O-]. The van der Waals surface area contributed by atoms with Gasteiger partial charge in [-0.05, 0) is 54.8 Å². The lowest BCUT2D eigenvalue weighted by molar-refractivity contribution is -0.387. The first-order valence-electron chi connectivity index (χ1n) is 10.7. The third-order valence-electron chi connectivity index (χ3n) is 5.49. The van der Waals surface area contributed by atoms with Gasteiger partial charge >= 0.3 is 0 Å². The third kappa shape index (κ3) is 5.67. The largest absolute Gasteiger partial charge is 0.489 e. The first-order chi connectivity index (χ1) is 16.0. The van der Waals surface area contributed by atoms with Gasteiger partial charge in [0.25, 0.3) is 11.6 Å². The van der Waals surface area contributed by atoms with Gasteiger partial charge in [-0.2, -0.15) is 0 Å². The Morgan fingerprint density at radius 1 is 1.30 bits per heavy atom. The minimum absolute atomic E-state index is 0.146. The molecular formula is C22H24N6O4S. The molecule has 1 amide bonds. The Hall–Kier alpha value is -3.47. The van der Waals surface area contributed by atoms with Crippen LogP contribution in [0.3, 0.4) is 0 Å². The number of nitrogens with zero attached hydrogens (tertiary/aromatic N) is 5. The van der Waals surface area contributed by atoms with Gasteiger partial charge in [0.15, 0.2) is 16.7 Å². The van der Waals surface area contributed by atoms with Gasteiger partial charge in [0.2, 0.25) is 0 Å². The standard InChI is InChI=1S/C22H24N6O4S/c1-27-14-24-26-22(27)33-19-10-9-16(12-17(19)28(30)31)21(29)25-20-18(8-5-11-23-20)32-13-15-6-3-2-4-7-15/h5,8-12,14-15H,2-4,6-7,13H2,1H3,(H,23,25,29). The number of anilines is 1. The van der Waals surface area contributed by atoms with Gasteiger partial charge in [-0.1, -0.05) is 19.3 Å². The van der Waals surface area contributed by atoms with Crippen LogP contribution in [0.1, 0.15) is 42.5 Å². The van der Waals surface area contributed by atoms with Crippen LogP contribution in [-0.2, 0) is 7.05 Å². The van der Waals surface area contributed by atoms with Gasteiger partial charge in [0.05, 0.1) is 16.4 Å². The maximum atomic E-state index is 12.9. The van der Waals surface area contributed by atoms with E-state index in [1.165, 1.54) is 43.8 Å². The number of carbonyl (C=O) groups is 1. The van der Waals surface area contributed by atoms with E-state index < -0.39 is 10.8 Å². The predicted molar refractivity (Wildman–Crippen MR) is 122 cm³/mol. The molecule has 0 atom stereocenters. The number of pyridine rings is 1. The average molecular weight is 469 g/mol. The molecular weight excluding hydrogens is 444 g/mol. The summed E-state index contributed by atoms with van der Waals surface area (Å²) in [5.41, 5.74) is -0.0432. The lowest BCUT2D eigenvalue weighted by Gasteiger charge is -2.22. The Morgan fingerprint density at radius 2 is 2.12 bits per heavy atom. The molecule has 0 spiro atoms. The van der Waals surface area contributed by atoms with E-state index >= 15 is 0 Å². The number of nitro benzene ring substituents is 1. The van der Waals surface area contributed by atoms with E-state index in [2.05, 4.69) is 20.5 Å². The van der Waals surface area contributed by atoms with Crippen molar-refractivity contribution < 1.29 is 14.5 Å². The predicted octanol–water partition coefficient (Wildman–Crippen LogP) is 4.48. The summed E-state index contributed by atoms with van der Waals surface area (Å²) in [7, 11) is 1.75. The van der Waals surface area contributed by atoms with Gasteiger partial charge in [-0.3, -0.25) is 14.9 Å². The Labute approximate surface area is 194 Å². The van der Waals surface area contributed by atoms with Crippen LogP contribution in [0.15, 0.2) is 52.9 Å². The van der Waals surface area contributed by atoms with Gasteiger partial charge in [0.1, 0.15) is 6.33 Å². The lowest BCUT2D eigenvalue weighted by atomic mass is 9.90. The van der Waals surface area contributed by atoms with Crippen molar-refractivity contribution in [2.75, 3.05) is 11.9 Å². The van der Waals surface area contributed by atoms with E-state index in [4.69, 9.17) is 4.74 Å². The summed E-state index contributed by atoms with van der Waals surface area (Å²) < 4.78 is 7.62. The molecule has 2 aromatic heterocycles. The normalized spacial score (nSPS) is 14.1. The zero-order valence-corrected chi connectivity index (χ0v) is 19.0. The fourth-order valence-electron chi connectivity index (χ4n) is 3.69. The van der Waals surface area contributed by atoms with Crippen molar-refractivity contribution >= 4 is 29.2 Å². The number of nitrogens with one attached hydrogen (secondary N) is 1.